The number of carbonyl (C=O) groups excluding carboxylic acids is 3. The molecule has 10 heteroatoms. The van der Waals surface area contributed by atoms with Crippen LogP contribution in [0.4, 0.5) is 0 Å². The van der Waals surface area contributed by atoms with Crippen LogP contribution in [0.25, 0.3) is 0 Å². The Balaban J connectivity index is 1.82. The van der Waals surface area contributed by atoms with Gasteiger partial charge in [-0.25, -0.2) is 0 Å². The van der Waals surface area contributed by atoms with Gasteiger partial charge in [-0.05, 0) is 31.4 Å². The highest BCUT2D eigenvalue weighted by Gasteiger charge is 2.25. The summed E-state index contributed by atoms with van der Waals surface area (Å²) in [5, 5.41) is 0.597. The van der Waals surface area contributed by atoms with Crippen molar-refractivity contribution < 1.29 is 31.7 Å². The van der Waals surface area contributed by atoms with E-state index in [1.165, 1.54) is 25.1 Å². The fourth-order valence-corrected chi connectivity index (χ4v) is 6.53. The van der Waals surface area contributed by atoms with Gasteiger partial charge in [-0.2, -0.15) is 8.42 Å². The minimum atomic E-state index is -4.37. The molecule has 1 aliphatic rings. The molecule has 28 heavy (non-hydrogen) atoms. The molecule has 0 radical (unpaired) electrons. The minimum absolute atomic E-state index is 0.0119. The Kier molecular flexibility index (Phi) is 8.84. The predicted molar refractivity (Wildman–Crippen MR) is 109 cm³/mol. The molecule has 0 aromatic heterocycles. The highest BCUT2D eigenvalue weighted by atomic mass is 33.1. The molecule has 0 spiro atoms. The van der Waals surface area contributed by atoms with Crippen molar-refractivity contribution in [3.05, 3.63) is 29.8 Å². The van der Waals surface area contributed by atoms with E-state index in [1.807, 2.05) is 21.6 Å². The van der Waals surface area contributed by atoms with Gasteiger partial charge in [0.15, 0.2) is 5.78 Å². The third-order valence-electron chi connectivity index (χ3n) is 3.85. The van der Waals surface area contributed by atoms with E-state index in [-0.39, 0.29) is 17.7 Å². The first-order valence-corrected chi connectivity index (χ1v) is 12.8. The quantitative estimate of drug-likeness (QED) is 0.134. The Morgan fingerprint density at radius 1 is 1.18 bits per heavy atom. The zero-order chi connectivity index (χ0) is 20.6. The number of hydrogen-bond acceptors (Lipinski definition) is 9. The molecule has 1 heterocycles. The summed E-state index contributed by atoms with van der Waals surface area (Å²) in [7, 11) is -0.668. The maximum atomic E-state index is 12.3. The lowest BCUT2D eigenvalue weighted by atomic mass is 10.1. The summed E-state index contributed by atoms with van der Waals surface area (Å²) in [6, 6.07) is 5.79. The Bertz CT molecular complexity index is 814. The molecule has 0 N–H and O–H groups in total. The zero-order valence-electron chi connectivity index (χ0n) is 15.4. The third-order valence-corrected chi connectivity index (χ3v) is 7.92. The maximum absolute atomic E-state index is 12.3. The van der Waals surface area contributed by atoms with E-state index in [2.05, 4.69) is 4.18 Å². The van der Waals surface area contributed by atoms with Crippen molar-refractivity contribution in [2.75, 3.05) is 11.5 Å². The number of benzene rings is 1. The number of unbranched alkanes of at least 4 members (excludes halogenated alkanes) is 1. The largest absolute Gasteiger partial charge is 0.426 e. The summed E-state index contributed by atoms with van der Waals surface area (Å²) >= 11 is 0. The second-order valence-electron chi connectivity index (χ2n) is 6.25. The monoisotopic (exact) mass is 446 g/mol. The number of esters is 1. The van der Waals surface area contributed by atoms with Crippen molar-refractivity contribution in [1.29, 1.82) is 0 Å². The van der Waals surface area contributed by atoms with Gasteiger partial charge in [-0.3, -0.25) is 14.4 Å². The standard InChI is InChI=1S/C18H22O7S3/c1-13(19)24-17-8-4-3-7-15(17)16(20)12-28(22,23)25-18(21)9-5-2-6-14-10-11-26-27-14/h3-4,7-8,14H,2,5-6,9-12H2,1H3/t14-/m0/s1. The SMILES string of the molecule is CC(=O)Oc1ccccc1C(=O)CS(=O)(=O)OC(=O)CCCC[C@H]1CCSS1. The van der Waals surface area contributed by atoms with Crippen LogP contribution < -0.4 is 4.74 Å². The molecule has 0 bridgehead atoms. The van der Waals surface area contributed by atoms with E-state index in [9.17, 15) is 22.8 Å². The molecule has 1 atom stereocenters. The summed E-state index contributed by atoms with van der Waals surface area (Å²) < 4.78 is 33.5. The molecule has 0 amide bonds. The second-order valence-corrected chi connectivity index (χ2v) is 10.6. The molecule has 0 saturated carbocycles. The molecule has 1 fully saturated rings. The average Bonchev–Trinajstić information content (AvgIpc) is 3.11. The van der Waals surface area contributed by atoms with E-state index in [0.29, 0.717) is 11.7 Å². The third kappa shape index (κ3) is 7.84. The lowest BCUT2D eigenvalue weighted by Crippen LogP contribution is -2.22. The van der Waals surface area contributed by atoms with Gasteiger partial charge in [0, 0.05) is 24.3 Å². The summed E-state index contributed by atoms with van der Waals surface area (Å²) in [5.74, 6) is -2.22. The van der Waals surface area contributed by atoms with E-state index in [1.54, 1.807) is 6.07 Å². The number of carbonyl (C=O) groups is 3. The number of para-hydroxylation sites is 1. The Labute approximate surface area is 172 Å². The van der Waals surface area contributed by atoms with Crippen LogP contribution in [0.1, 0.15) is 49.4 Å². The first-order chi connectivity index (χ1) is 13.3. The predicted octanol–water partition coefficient (Wildman–Crippen LogP) is 3.38. The summed E-state index contributed by atoms with van der Waals surface area (Å²) in [5.41, 5.74) is -0.0655. The van der Waals surface area contributed by atoms with E-state index in [0.717, 1.165) is 25.0 Å². The number of ether oxygens (including phenoxy) is 1. The highest BCUT2D eigenvalue weighted by molar-refractivity contribution is 8.77. The molecule has 7 nitrogen and oxygen atoms in total. The van der Waals surface area contributed by atoms with Crippen LogP contribution in [0.3, 0.4) is 0 Å². The van der Waals surface area contributed by atoms with Crippen molar-refractivity contribution >= 4 is 49.4 Å². The van der Waals surface area contributed by atoms with Crippen molar-refractivity contribution in [2.24, 2.45) is 0 Å². The lowest BCUT2D eigenvalue weighted by molar-refractivity contribution is -0.134. The van der Waals surface area contributed by atoms with E-state index < -0.39 is 33.6 Å². The fourth-order valence-electron chi connectivity index (χ4n) is 2.60. The lowest BCUT2D eigenvalue weighted by Gasteiger charge is -2.09. The topological polar surface area (TPSA) is 104 Å². The van der Waals surface area contributed by atoms with Gasteiger partial charge in [0.2, 0.25) is 0 Å². The molecular formula is C18H22O7S3. The molecule has 1 aliphatic heterocycles. The molecule has 2 rings (SSSR count). The molecule has 1 aromatic rings. The molecular weight excluding hydrogens is 424 g/mol. The molecule has 154 valence electrons. The molecule has 1 aromatic carbocycles. The molecule has 0 aliphatic carbocycles. The normalized spacial score (nSPS) is 16.5. The van der Waals surface area contributed by atoms with Crippen molar-refractivity contribution in [3.63, 3.8) is 0 Å². The maximum Gasteiger partial charge on any atom is 0.322 e. The number of hydrogen-bond donors (Lipinski definition) is 0. The minimum Gasteiger partial charge on any atom is -0.426 e. The number of Topliss-reactive ketones (excluding diaryl/α,β-unsaturated/α-hetero) is 1. The van der Waals surface area contributed by atoms with Gasteiger partial charge in [0.05, 0.1) is 5.56 Å². The number of rotatable bonds is 10. The van der Waals surface area contributed by atoms with Gasteiger partial charge in [0.25, 0.3) is 0 Å². The summed E-state index contributed by atoms with van der Waals surface area (Å²) in [6.45, 7) is 1.17. The van der Waals surface area contributed by atoms with Gasteiger partial charge in [-0.1, -0.05) is 40.1 Å². The molecule has 1 saturated heterocycles. The highest BCUT2D eigenvalue weighted by Crippen LogP contribution is 2.39. The Morgan fingerprint density at radius 3 is 2.61 bits per heavy atom. The first kappa shape index (κ1) is 22.8. The van der Waals surface area contributed by atoms with Crippen LogP contribution >= 0.6 is 21.6 Å². The van der Waals surface area contributed by atoms with Crippen LogP contribution in [0.15, 0.2) is 24.3 Å². The number of ketones is 1. The first-order valence-electron chi connectivity index (χ1n) is 8.81. The molecule has 0 unspecified atom stereocenters. The van der Waals surface area contributed by atoms with E-state index in [4.69, 9.17) is 4.74 Å². The van der Waals surface area contributed by atoms with Crippen LogP contribution in [0, 0.1) is 0 Å². The summed E-state index contributed by atoms with van der Waals surface area (Å²) in [6.07, 6.45) is 3.50. The zero-order valence-corrected chi connectivity index (χ0v) is 17.9. The van der Waals surface area contributed by atoms with Crippen LogP contribution in [-0.4, -0.2) is 42.9 Å². The van der Waals surface area contributed by atoms with Crippen molar-refractivity contribution in [1.82, 2.24) is 0 Å². The van der Waals surface area contributed by atoms with Crippen LogP contribution in [0.2, 0.25) is 0 Å². The fraction of sp³-hybridized carbons (Fsp3) is 0.500. The van der Waals surface area contributed by atoms with Gasteiger partial charge < -0.3 is 8.92 Å². The van der Waals surface area contributed by atoms with E-state index >= 15 is 0 Å². The van der Waals surface area contributed by atoms with Gasteiger partial charge in [0.1, 0.15) is 11.5 Å². The van der Waals surface area contributed by atoms with Crippen LogP contribution in [0.5, 0.6) is 5.75 Å². The Morgan fingerprint density at radius 2 is 1.93 bits per heavy atom. The smallest absolute Gasteiger partial charge is 0.322 e. The van der Waals surface area contributed by atoms with Crippen molar-refractivity contribution in [3.8, 4) is 5.75 Å². The average molecular weight is 447 g/mol. The summed E-state index contributed by atoms with van der Waals surface area (Å²) in [4.78, 5) is 35.2. The van der Waals surface area contributed by atoms with Crippen LogP contribution in [-0.2, 0) is 23.9 Å². The Hall–Kier alpha value is -1.52. The van der Waals surface area contributed by atoms with Crippen molar-refractivity contribution in [2.45, 2.75) is 44.3 Å². The van der Waals surface area contributed by atoms with Gasteiger partial charge >= 0.3 is 22.1 Å². The van der Waals surface area contributed by atoms with Gasteiger partial charge in [-0.15, -0.1) is 0 Å². The second kappa shape index (κ2) is 10.9.